The van der Waals surface area contributed by atoms with Gasteiger partial charge in [-0.05, 0) is 20.8 Å². The number of aromatic nitrogens is 4. The van der Waals surface area contributed by atoms with E-state index < -0.39 is 0 Å². The van der Waals surface area contributed by atoms with E-state index in [0.29, 0.717) is 11.5 Å². The molecule has 0 aliphatic rings. The second kappa shape index (κ2) is 3.71. The maximum absolute atomic E-state index is 5.90. The van der Waals surface area contributed by atoms with Gasteiger partial charge in [0.1, 0.15) is 6.33 Å². The molecule has 16 heavy (non-hydrogen) atoms. The maximum atomic E-state index is 5.90. The van der Waals surface area contributed by atoms with Gasteiger partial charge in [0, 0.05) is 24.0 Å². The molecule has 0 saturated carbocycles. The van der Waals surface area contributed by atoms with Gasteiger partial charge < -0.3 is 11.1 Å². The molecular weight excluding hydrogens is 204 g/mol. The molecule has 0 aliphatic carbocycles. The summed E-state index contributed by atoms with van der Waals surface area (Å²) in [5.74, 6) is 0.697. The highest BCUT2D eigenvalue weighted by Gasteiger charge is 2.24. The van der Waals surface area contributed by atoms with Crippen LogP contribution in [0, 0.1) is 0 Å². The van der Waals surface area contributed by atoms with Crippen LogP contribution in [0.25, 0.3) is 5.65 Å². The summed E-state index contributed by atoms with van der Waals surface area (Å²) in [4.78, 5) is 4.26. The van der Waals surface area contributed by atoms with Crippen LogP contribution < -0.4 is 11.1 Å². The molecule has 1 unspecified atom stereocenters. The Morgan fingerprint density at radius 1 is 1.50 bits per heavy atom. The molecule has 86 valence electrons. The molecule has 0 aromatic carbocycles. The lowest BCUT2D eigenvalue weighted by Gasteiger charge is -2.30. The van der Waals surface area contributed by atoms with Crippen molar-refractivity contribution >= 4 is 11.5 Å². The number of hydrogen-bond donors (Lipinski definition) is 2. The summed E-state index contributed by atoms with van der Waals surface area (Å²) in [7, 11) is 0. The maximum Gasteiger partial charge on any atom is 0.203 e. The van der Waals surface area contributed by atoms with E-state index in [1.165, 1.54) is 0 Å². The van der Waals surface area contributed by atoms with Crippen LogP contribution in [-0.4, -0.2) is 31.2 Å². The van der Waals surface area contributed by atoms with Crippen LogP contribution in [0.3, 0.4) is 0 Å². The van der Waals surface area contributed by atoms with Crippen LogP contribution in [0.5, 0.6) is 0 Å². The minimum absolute atomic E-state index is 0.00234. The number of hydrogen-bond acceptors (Lipinski definition) is 5. The first-order valence-corrected chi connectivity index (χ1v) is 5.19. The second-order valence-corrected chi connectivity index (χ2v) is 4.47. The Bertz CT molecular complexity index is 487. The summed E-state index contributed by atoms with van der Waals surface area (Å²) in [6, 6.07) is -0.00234. The first-order valence-electron chi connectivity index (χ1n) is 5.19. The van der Waals surface area contributed by atoms with Crippen molar-refractivity contribution in [2.24, 2.45) is 5.73 Å². The number of nitrogens with two attached hydrogens (primary N) is 1. The second-order valence-electron chi connectivity index (χ2n) is 4.47. The average Bonchev–Trinajstić information content (AvgIpc) is 2.65. The average molecular weight is 220 g/mol. The standard InChI is InChI=1S/C10H16N6/c1-7(11)10(2,3)14-8-9-15-13-6-16(9)5-4-12-8/h4-7H,11H2,1-3H3,(H,12,14). The zero-order valence-electron chi connectivity index (χ0n) is 9.68. The van der Waals surface area contributed by atoms with Gasteiger partial charge in [0.25, 0.3) is 0 Å². The fourth-order valence-corrected chi connectivity index (χ4v) is 1.27. The fraction of sp³-hybridized carbons (Fsp3) is 0.500. The van der Waals surface area contributed by atoms with Crippen molar-refractivity contribution < 1.29 is 0 Å². The van der Waals surface area contributed by atoms with Crippen LogP contribution in [-0.2, 0) is 0 Å². The molecule has 2 rings (SSSR count). The molecule has 6 nitrogen and oxygen atoms in total. The third-order valence-corrected chi connectivity index (χ3v) is 2.79. The molecule has 0 aliphatic heterocycles. The summed E-state index contributed by atoms with van der Waals surface area (Å²) in [5.41, 5.74) is 6.36. The van der Waals surface area contributed by atoms with Crippen LogP contribution in [0.15, 0.2) is 18.7 Å². The fourth-order valence-electron chi connectivity index (χ4n) is 1.27. The zero-order chi connectivity index (χ0) is 11.8. The summed E-state index contributed by atoms with van der Waals surface area (Å²) in [6.45, 7) is 6.01. The summed E-state index contributed by atoms with van der Waals surface area (Å²) in [5, 5.41) is 11.1. The SMILES string of the molecule is CC(N)C(C)(C)Nc1nccn2cnnc12. The third-order valence-electron chi connectivity index (χ3n) is 2.79. The first kappa shape index (κ1) is 10.8. The normalized spacial score (nSPS) is 14.0. The highest BCUT2D eigenvalue weighted by Crippen LogP contribution is 2.18. The predicted molar refractivity (Wildman–Crippen MR) is 62.1 cm³/mol. The number of fused-ring (bicyclic) bond motifs is 1. The van der Waals surface area contributed by atoms with Crippen LogP contribution in [0.1, 0.15) is 20.8 Å². The quantitative estimate of drug-likeness (QED) is 0.794. The number of rotatable bonds is 3. The molecule has 6 heteroatoms. The molecule has 2 aromatic rings. The molecule has 3 N–H and O–H groups in total. The first-order chi connectivity index (χ1) is 7.50. The lowest BCUT2D eigenvalue weighted by Crippen LogP contribution is -2.47. The molecular formula is C10H16N6. The molecule has 0 spiro atoms. The Hall–Kier alpha value is -1.69. The van der Waals surface area contributed by atoms with Crippen LogP contribution in [0.2, 0.25) is 0 Å². The van der Waals surface area contributed by atoms with E-state index >= 15 is 0 Å². The number of anilines is 1. The van der Waals surface area contributed by atoms with Gasteiger partial charge in [-0.2, -0.15) is 0 Å². The van der Waals surface area contributed by atoms with Gasteiger partial charge >= 0.3 is 0 Å². The van der Waals surface area contributed by atoms with Crippen molar-refractivity contribution in [3.8, 4) is 0 Å². The Morgan fingerprint density at radius 2 is 2.25 bits per heavy atom. The monoisotopic (exact) mass is 220 g/mol. The van der Waals surface area contributed by atoms with Crippen molar-refractivity contribution in [2.75, 3.05) is 5.32 Å². The van der Waals surface area contributed by atoms with E-state index in [1.807, 2.05) is 25.2 Å². The van der Waals surface area contributed by atoms with Gasteiger partial charge in [-0.3, -0.25) is 4.40 Å². The third kappa shape index (κ3) is 1.83. The van der Waals surface area contributed by atoms with Gasteiger partial charge in [0.05, 0.1) is 0 Å². The molecule has 1 atom stereocenters. The van der Waals surface area contributed by atoms with E-state index in [-0.39, 0.29) is 11.6 Å². The minimum atomic E-state index is -0.249. The van der Waals surface area contributed by atoms with E-state index in [1.54, 1.807) is 18.7 Å². The molecule has 0 saturated heterocycles. The Kier molecular flexibility index (Phi) is 2.51. The molecule has 2 heterocycles. The topological polar surface area (TPSA) is 81.1 Å². The lowest BCUT2D eigenvalue weighted by atomic mass is 9.97. The Morgan fingerprint density at radius 3 is 2.94 bits per heavy atom. The van der Waals surface area contributed by atoms with Gasteiger partial charge in [-0.1, -0.05) is 0 Å². The van der Waals surface area contributed by atoms with Crippen molar-refractivity contribution in [2.45, 2.75) is 32.4 Å². The van der Waals surface area contributed by atoms with E-state index in [0.717, 1.165) is 0 Å². The summed E-state index contributed by atoms with van der Waals surface area (Å²) in [6.07, 6.45) is 5.15. The molecule has 0 bridgehead atoms. The van der Waals surface area contributed by atoms with Gasteiger partial charge in [0.2, 0.25) is 5.65 Å². The summed E-state index contributed by atoms with van der Waals surface area (Å²) < 4.78 is 1.81. The molecule has 0 fully saturated rings. The van der Waals surface area contributed by atoms with E-state index in [9.17, 15) is 0 Å². The molecule has 0 radical (unpaired) electrons. The minimum Gasteiger partial charge on any atom is -0.360 e. The Balaban J connectivity index is 2.37. The lowest BCUT2D eigenvalue weighted by molar-refractivity contribution is 0.469. The van der Waals surface area contributed by atoms with E-state index in [4.69, 9.17) is 5.73 Å². The van der Waals surface area contributed by atoms with Crippen molar-refractivity contribution in [3.05, 3.63) is 18.7 Å². The predicted octanol–water partition coefficient (Wildman–Crippen LogP) is 0.662. The molecule has 2 aromatic heterocycles. The smallest absolute Gasteiger partial charge is 0.203 e. The van der Waals surface area contributed by atoms with E-state index in [2.05, 4.69) is 20.5 Å². The number of nitrogens with one attached hydrogen (secondary N) is 1. The van der Waals surface area contributed by atoms with Crippen LogP contribution >= 0.6 is 0 Å². The van der Waals surface area contributed by atoms with Crippen molar-refractivity contribution in [1.29, 1.82) is 0 Å². The van der Waals surface area contributed by atoms with Gasteiger partial charge in [-0.15, -0.1) is 10.2 Å². The Labute approximate surface area is 93.9 Å². The highest BCUT2D eigenvalue weighted by atomic mass is 15.3. The highest BCUT2D eigenvalue weighted by molar-refractivity contribution is 5.62. The van der Waals surface area contributed by atoms with Crippen LogP contribution in [0.4, 0.5) is 5.82 Å². The summed E-state index contributed by atoms with van der Waals surface area (Å²) >= 11 is 0. The van der Waals surface area contributed by atoms with Crippen molar-refractivity contribution in [3.63, 3.8) is 0 Å². The zero-order valence-corrected chi connectivity index (χ0v) is 9.68. The van der Waals surface area contributed by atoms with Gasteiger partial charge in [-0.25, -0.2) is 4.98 Å². The molecule has 0 amide bonds. The van der Waals surface area contributed by atoms with Gasteiger partial charge in [0.15, 0.2) is 5.82 Å². The largest absolute Gasteiger partial charge is 0.360 e. The number of nitrogens with zero attached hydrogens (tertiary/aromatic N) is 4. The van der Waals surface area contributed by atoms with Crippen molar-refractivity contribution in [1.82, 2.24) is 19.6 Å².